The SMILES string of the molecule is CC1CC1C(=O)N(Cc1cccc(F)c1)C1CC1. The molecule has 0 aliphatic heterocycles. The minimum absolute atomic E-state index is 0.221. The molecule has 0 aromatic heterocycles. The molecule has 2 nitrogen and oxygen atoms in total. The van der Waals surface area contributed by atoms with Crippen LogP contribution in [0.4, 0.5) is 4.39 Å². The standard InChI is InChI=1S/C15H18FNO/c1-10-7-14(10)15(18)17(13-5-6-13)9-11-3-2-4-12(16)8-11/h2-4,8,10,13-14H,5-7,9H2,1H3. The van der Waals surface area contributed by atoms with Gasteiger partial charge in [0.2, 0.25) is 5.91 Å². The van der Waals surface area contributed by atoms with E-state index < -0.39 is 0 Å². The van der Waals surface area contributed by atoms with Gasteiger partial charge in [-0.05, 0) is 42.9 Å². The predicted octanol–water partition coefficient (Wildman–Crippen LogP) is 2.97. The van der Waals surface area contributed by atoms with Crippen molar-refractivity contribution in [1.82, 2.24) is 4.90 Å². The van der Waals surface area contributed by atoms with Gasteiger partial charge in [0.1, 0.15) is 5.82 Å². The molecule has 2 fully saturated rings. The van der Waals surface area contributed by atoms with Crippen molar-refractivity contribution >= 4 is 5.91 Å². The number of carbonyl (C=O) groups excluding carboxylic acids is 1. The molecule has 2 atom stereocenters. The molecule has 2 aliphatic carbocycles. The summed E-state index contributed by atoms with van der Waals surface area (Å²) in [6.45, 7) is 2.68. The maximum Gasteiger partial charge on any atom is 0.226 e. The maximum absolute atomic E-state index is 13.2. The van der Waals surface area contributed by atoms with Crippen molar-refractivity contribution in [2.75, 3.05) is 0 Å². The third kappa shape index (κ3) is 2.40. The van der Waals surface area contributed by atoms with E-state index in [0.717, 1.165) is 24.8 Å². The largest absolute Gasteiger partial charge is 0.335 e. The molecule has 2 aliphatic rings. The monoisotopic (exact) mass is 247 g/mol. The molecule has 0 N–H and O–H groups in total. The first-order valence-electron chi connectivity index (χ1n) is 6.70. The summed E-state index contributed by atoms with van der Waals surface area (Å²) in [7, 11) is 0. The van der Waals surface area contributed by atoms with Crippen molar-refractivity contribution in [2.24, 2.45) is 11.8 Å². The summed E-state index contributed by atoms with van der Waals surface area (Å²) in [5, 5.41) is 0. The highest BCUT2D eigenvalue weighted by Crippen LogP contribution is 2.42. The second-order valence-corrected chi connectivity index (χ2v) is 5.65. The van der Waals surface area contributed by atoms with Gasteiger partial charge in [-0.15, -0.1) is 0 Å². The number of hydrogen-bond acceptors (Lipinski definition) is 1. The van der Waals surface area contributed by atoms with E-state index in [9.17, 15) is 9.18 Å². The highest BCUT2D eigenvalue weighted by atomic mass is 19.1. The number of benzene rings is 1. The summed E-state index contributed by atoms with van der Waals surface area (Å²) < 4.78 is 13.2. The smallest absolute Gasteiger partial charge is 0.226 e. The average Bonchev–Trinajstić information content (AvgIpc) is 3.21. The van der Waals surface area contributed by atoms with Gasteiger partial charge >= 0.3 is 0 Å². The first-order chi connectivity index (χ1) is 8.65. The van der Waals surface area contributed by atoms with Crippen molar-refractivity contribution in [3.63, 3.8) is 0 Å². The second-order valence-electron chi connectivity index (χ2n) is 5.65. The molecule has 3 rings (SSSR count). The Morgan fingerprint density at radius 3 is 2.72 bits per heavy atom. The molecule has 1 aromatic rings. The molecule has 0 heterocycles. The number of carbonyl (C=O) groups is 1. The first-order valence-corrected chi connectivity index (χ1v) is 6.70. The zero-order valence-electron chi connectivity index (χ0n) is 10.6. The molecule has 3 heteroatoms. The van der Waals surface area contributed by atoms with Crippen molar-refractivity contribution in [3.8, 4) is 0 Å². The summed E-state index contributed by atoms with van der Waals surface area (Å²) in [5.74, 6) is 0.801. The Kier molecular flexibility index (Phi) is 2.84. The lowest BCUT2D eigenvalue weighted by Gasteiger charge is -2.22. The van der Waals surface area contributed by atoms with Gasteiger partial charge in [-0.25, -0.2) is 4.39 Å². The van der Waals surface area contributed by atoms with E-state index in [0.29, 0.717) is 18.5 Å². The minimum atomic E-state index is -0.226. The second kappa shape index (κ2) is 4.38. The molecule has 0 saturated heterocycles. The lowest BCUT2D eigenvalue weighted by atomic mass is 10.2. The van der Waals surface area contributed by atoms with Crippen LogP contribution in [0.2, 0.25) is 0 Å². The summed E-state index contributed by atoms with van der Waals surface area (Å²) >= 11 is 0. The van der Waals surface area contributed by atoms with Gasteiger partial charge in [0.15, 0.2) is 0 Å². The minimum Gasteiger partial charge on any atom is -0.335 e. The maximum atomic E-state index is 13.2. The fraction of sp³-hybridized carbons (Fsp3) is 0.533. The molecular weight excluding hydrogens is 229 g/mol. The van der Waals surface area contributed by atoms with Crippen LogP contribution in [-0.2, 0) is 11.3 Å². The van der Waals surface area contributed by atoms with Crippen LogP contribution in [0.5, 0.6) is 0 Å². The Hall–Kier alpha value is -1.38. The molecule has 0 bridgehead atoms. The Labute approximate surface area is 107 Å². The quantitative estimate of drug-likeness (QED) is 0.801. The van der Waals surface area contributed by atoms with E-state index in [1.807, 2.05) is 11.0 Å². The van der Waals surface area contributed by atoms with E-state index in [2.05, 4.69) is 6.92 Å². The highest BCUT2D eigenvalue weighted by molar-refractivity contribution is 5.82. The van der Waals surface area contributed by atoms with Crippen molar-refractivity contribution < 1.29 is 9.18 Å². The lowest BCUT2D eigenvalue weighted by molar-refractivity contribution is -0.134. The Balaban J connectivity index is 1.72. The van der Waals surface area contributed by atoms with Crippen LogP contribution in [-0.4, -0.2) is 16.8 Å². The topological polar surface area (TPSA) is 20.3 Å². The Bertz CT molecular complexity index is 469. The predicted molar refractivity (Wildman–Crippen MR) is 67.2 cm³/mol. The average molecular weight is 247 g/mol. The zero-order chi connectivity index (χ0) is 12.7. The molecule has 0 spiro atoms. The van der Waals surface area contributed by atoms with E-state index in [1.165, 1.54) is 12.1 Å². The van der Waals surface area contributed by atoms with Crippen LogP contribution in [0.25, 0.3) is 0 Å². The molecule has 1 aromatic carbocycles. The van der Waals surface area contributed by atoms with Gasteiger partial charge in [0.05, 0.1) is 0 Å². The van der Waals surface area contributed by atoms with Crippen molar-refractivity contribution in [1.29, 1.82) is 0 Å². The molecule has 0 radical (unpaired) electrons. The van der Waals surface area contributed by atoms with E-state index in [4.69, 9.17) is 0 Å². The fourth-order valence-corrected chi connectivity index (χ4v) is 2.48. The van der Waals surface area contributed by atoms with Crippen LogP contribution in [0.15, 0.2) is 24.3 Å². The molecule has 2 saturated carbocycles. The summed E-state index contributed by atoms with van der Waals surface area (Å²) in [6.07, 6.45) is 3.22. The Morgan fingerprint density at radius 1 is 1.44 bits per heavy atom. The number of halogens is 1. The van der Waals surface area contributed by atoms with Crippen molar-refractivity contribution in [2.45, 2.75) is 38.8 Å². The summed E-state index contributed by atoms with van der Waals surface area (Å²) in [6, 6.07) is 6.96. The van der Waals surface area contributed by atoms with Gasteiger partial charge in [0, 0.05) is 18.5 Å². The molecular formula is C15H18FNO. The summed E-state index contributed by atoms with van der Waals surface area (Å²) in [4.78, 5) is 14.3. The van der Waals surface area contributed by atoms with Crippen LogP contribution < -0.4 is 0 Å². The number of hydrogen-bond donors (Lipinski definition) is 0. The molecule has 96 valence electrons. The van der Waals surface area contributed by atoms with Crippen molar-refractivity contribution in [3.05, 3.63) is 35.6 Å². The zero-order valence-corrected chi connectivity index (χ0v) is 10.6. The third-order valence-corrected chi connectivity index (χ3v) is 3.94. The van der Waals surface area contributed by atoms with E-state index in [1.54, 1.807) is 6.07 Å². The van der Waals surface area contributed by atoms with Crippen LogP contribution in [0, 0.1) is 17.7 Å². The molecule has 18 heavy (non-hydrogen) atoms. The van der Waals surface area contributed by atoms with Gasteiger partial charge in [-0.3, -0.25) is 4.79 Å². The Morgan fingerprint density at radius 2 is 2.17 bits per heavy atom. The van der Waals surface area contributed by atoms with Gasteiger partial charge in [-0.2, -0.15) is 0 Å². The summed E-state index contributed by atoms with van der Waals surface area (Å²) in [5.41, 5.74) is 0.892. The van der Waals surface area contributed by atoms with E-state index >= 15 is 0 Å². The normalized spacial score (nSPS) is 25.9. The fourth-order valence-electron chi connectivity index (χ4n) is 2.48. The van der Waals surface area contributed by atoms with Crippen LogP contribution >= 0.6 is 0 Å². The third-order valence-electron chi connectivity index (χ3n) is 3.94. The number of rotatable bonds is 4. The van der Waals surface area contributed by atoms with Gasteiger partial charge in [0.25, 0.3) is 0 Å². The molecule has 1 amide bonds. The number of amides is 1. The van der Waals surface area contributed by atoms with Gasteiger partial charge in [-0.1, -0.05) is 19.1 Å². The van der Waals surface area contributed by atoms with Crippen LogP contribution in [0.3, 0.4) is 0 Å². The highest BCUT2D eigenvalue weighted by Gasteiger charge is 2.44. The first kappa shape index (κ1) is 11.7. The van der Waals surface area contributed by atoms with Gasteiger partial charge < -0.3 is 4.90 Å². The number of nitrogens with zero attached hydrogens (tertiary/aromatic N) is 1. The molecule has 2 unspecified atom stereocenters. The lowest BCUT2D eigenvalue weighted by Crippen LogP contribution is -2.34. The van der Waals surface area contributed by atoms with Crippen LogP contribution in [0.1, 0.15) is 31.7 Å². The van der Waals surface area contributed by atoms with E-state index in [-0.39, 0.29) is 17.6 Å².